The van der Waals surface area contributed by atoms with E-state index in [1.54, 1.807) is 18.3 Å². The van der Waals surface area contributed by atoms with E-state index in [9.17, 15) is 13.6 Å². The van der Waals surface area contributed by atoms with Gasteiger partial charge in [0.1, 0.15) is 5.82 Å². The minimum Gasteiger partial charge on any atom is -0.354 e. The Morgan fingerprint density at radius 1 is 1.00 bits per heavy atom. The molecule has 1 amide bonds. The Hall–Kier alpha value is -3.28. The van der Waals surface area contributed by atoms with Gasteiger partial charge in [0, 0.05) is 11.3 Å². The standard InChI is InChI=1S/C20H17F2N3O/c1-12-4-3-5-18(13(12)2)24-15-7-9-19(23-11-15)25-20(26)14-6-8-16(21)17(22)10-14/h3-11,24H,1-2H3,(H,23,25,26). The molecule has 0 unspecified atom stereocenters. The number of carbonyl (C=O) groups excluding carboxylic acids is 1. The fourth-order valence-electron chi connectivity index (χ4n) is 2.41. The molecule has 4 nitrogen and oxygen atoms in total. The third kappa shape index (κ3) is 3.85. The average molecular weight is 353 g/mol. The van der Waals surface area contributed by atoms with Gasteiger partial charge in [-0.1, -0.05) is 12.1 Å². The van der Waals surface area contributed by atoms with E-state index >= 15 is 0 Å². The largest absolute Gasteiger partial charge is 0.354 e. The lowest BCUT2D eigenvalue weighted by Gasteiger charge is -2.12. The fourth-order valence-corrected chi connectivity index (χ4v) is 2.41. The van der Waals surface area contributed by atoms with Crippen LogP contribution in [-0.2, 0) is 0 Å². The molecule has 0 aliphatic heterocycles. The van der Waals surface area contributed by atoms with Crippen molar-refractivity contribution in [3.63, 3.8) is 0 Å². The van der Waals surface area contributed by atoms with Crippen molar-refractivity contribution in [2.45, 2.75) is 13.8 Å². The lowest BCUT2D eigenvalue weighted by Crippen LogP contribution is -2.13. The van der Waals surface area contributed by atoms with Gasteiger partial charge in [-0.05, 0) is 61.4 Å². The summed E-state index contributed by atoms with van der Waals surface area (Å²) in [6.45, 7) is 4.07. The van der Waals surface area contributed by atoms with E-state index < -0.39 is 17.5 Å². The molecule has 3 rings (SSSR count). The summed E-state index contributed by atoms with van der Waals surface area (Å²) in [5, 5.41) is 5.82. The number of aromatic nitrogens is 1. The second-order valence-corrected chi connectivity index (χ2v) is 5.89. The molecule has 0 aliphatic carbocycles. The summed E-state index contributed by atoms with van der Waals surface area (Å²) in [5.74, 6) is -2.32. The number of hydrogen-bond donors (Lipinski definition) is 2. The molecule has 2 N–H and O–H groups in total. The zero-order valence-corrected chi connectivity index (χ0v) is 14.3. The predicted octanol–water partition coefficient (Wildman–Crippen LogP) is 4.97. The Labute approximate surface area is 149 Å². The number of anilines is 3. The first-order chi connectivity index (χ1) is 12.4. The highest BCUT2D eigenvalue weighted by molar-refractivity contribution is 6.03. The first-order valence-electron chi connectivity index (χ1n) is 8.00. The third-order valence-electron chi connectivity index (χ3n) is 4.07. The van der Waals surface area contributed by atoms with Gasteiger partial charge in [0.05, 0.1) is 11.9 Å². The van der Waals surface area contributed by atoms with Crippen LogP contribution >= 0.6 is 0 Å². The lowest BCUT2D eigenvalue weighted by molar-refractivity contribution is 0.102. The predicted molar refractivity (Wildman–Crippen MR) is 97.7 cm³/mol. The van der Waals surface area contributed by atoms with Crippen molar-refractivity contribution in [2.24, 2.45) is 0 Å². The van der Waals surface area contributed by atoms with Crippen molar-refractivity contribution in [3.8, 4) is 0 Å². The Kier molecular flexibility index (Phi) is 4.93. The highest BCUT2D eigenvalue weighted by Gasteiger charge is 2.10. The molecule has 6 heteroatoms. The minimum atomic E-state index is -1.07. The summed E-state index contributed by atoms with van der Waals surface area (Å²) in [6.07, 6.45) is 1.59. The molecular formula is C20H17F2N3O. The van der Waals surface area contributed by atoms with Crippen LogP contribution in [0.1, 0.15) is 21.5 Å². The van der Waals surface area contributed by atoms with Crippen molar-refractivity contribution < 1.29 is 13.6 Å². The molecule has 1 aromatic heterocycles. The molecule has 132 valence electrons. The van der Waals surface area contributed by atoms with Crippen LogP contribution in [0.25, 0.3) is 0 Å². The van der Waals surface area contributed by atoms with Crippen molar-refractivity contribution in [3.05, 3.63) is 83.1 Å². The van der Waals surface area contributed by atoms with Crippen LogP contribution < -0.4 is 10.6 Å². The lowest BCUT2D eigenvalue weighted by atomic mass is 10.1. The Morgan fingerprint density at radius 2 is 1.81 bits per heavy atom. The molecule has 1 heterocycles. The normalized spacial score (nSPS) is 10.5. The summed E-state index contributed by atoms with van der Waals surface area (Å²) in [6, 6.07) is 12.4. The van der Waals surface area contributed by atoms with Gasteiger partial charge in [-0.25, -0.2) is 13.8 Å². The van der Waals surface area contributed by atoms with Crippen molar-refractivity contribution in [2.75, 3.05) is 10.6 Å². The van der Waals surface area contributed by atoms with Crippen LogP contribution in [0.3, 0.4) is 0 Å². The quantitative estimate of drug-likeness (QED) is 0.696. The Bertz CT molecular complexity index is 956. The zero-order chi connectivity index (χ0) is 18.7. The second-order valence-electron chi connectivity index (χ2n) is 5.89. The zero-order valence-electron chi connectivity index (χ0n) is 14.3. The SMILES string of the molecule is Cc1cccc(Nc2ccc(NC(=O)c3ccc(F)c(F)c3)nc2)c1C. The molecule has 26 heavy (non-hydrogen) atoms. The van der Waals surface area contributed by atoms with Gasteiger partial charge in [-0.2, -0.15) is 0 Å². The Morgan fingerprint density at radius 3 is 2.50 bits per heavy atom. The summed E-state index contributed by atoms with van der Waals surface area (Å²) in [7, 11) is 0. The maximum absolute atomic E-state index is 13.2. The van der Waals surface area contributed by atoms with Gasteiger partial charge in [0.25, 0.3) is 5.91 Å². The highest BCUT2D eigenvalue weighted by atomic mass is 19.2. The van der Waals surface area contributed by atoms with Crippen LogP contribution in [0.15, 0.2) is 54.7 Å². The molecule has 0 saturated carbocycles. The van der Waals surface area contributed by atoms with E-state index in [4.69, 9.17) is 0 Å². The van der Waals surface area contributed by atoms with E-state index in [0.717, 1.165) is 29.1 Å². The Balaban J connectivity index is 1.70. The molecule has 3 aromatic rings. The van der Waals surface area contributed by atoms with Crippen molar-refractivity contribution in [1.82, 2.24) is 4.98 Å². The minimum absolute atomic E-state index is 0.0169. The van der Waals surface area contributed by atoms with Gasteiger partial charge in [0.2, 0.25) is 0 Å². The number of carbonyl (C=O) groups is 1. The second kappa shape index (κ2) is 7.31. The summed E-state index contributed by atoms with van der Waals surface area (Å²) in [4.78, 5) is 16.2. The van der Waals surface area contributed by atoms with Gasteiger partial charge in [0.15, 0.2) is 11.6 Å². The molecule has 0 saturated heterocycles. The average Bonchev–Trinajstić information content (AvgIpc) is 2.63. The van der Waals surface area contributed by atoms with E-state index in [1.165, 1.54) is 11.6 Å². The van der Waals surface area contributed by atoms with Crippen LogP contribution in [0.2, 0.25) is 0 Å². The molecule has 0 fully saturated rings. The van der Waals surface area contributed by atoms with Gasteiger partial charge in [-0.15, -0.1) is 0 Å². The van der Waals surface area contributed by atoms with E-state index in [2.05, 4.69) is 15.6 Å². The smallest absolute Gasteiger partial charge is 0.256 e. The highest BCUT2D eigenvalue weighted by Crippen LogP contribution is 2.23. The van der Waals surface area contributed by atoms with Crippen molar-refractivity contribution >= 4 is 23.1 Å². The summed E-state index contributed by atoms with van der Waals surface area (Å²) in [5.41, 5.74) is 4.08. The molecule has 0 bridgehead atoms. The van der Waals surface area contributed by atoms with Crippen LogP contribution in [0, 0.1) is 25.5 Å². The van der Waals surface area contributed by atoms with Crippen molar-refractivity contribution in [1.29, 1.82) is 0 Å². The number of amides is 1. The maximum Gasteiger partial charge on any atom is 0.256 e. The monoisotopic (exact) mass is 353 g/mol. The number of rotatable bonds is 4. The molecule has 0 radical (unpaired) electrons. The van der Waals surface area contributed by atoms with Gasteiger partial charge >= 0.3 is 0 Å². The van der Waals surface area contributed by atoms with Gasteiger partial charge in [-0.3, -0.25) is 4.79 Å². The number of halogens is 2. The molecule has 2 aromatic carbocycles. The number of hydrogen-bond acceptors (Lipinski definition) is 3. The van der Waals surface area contributed by atoms with Crippen LogP contribution in [-0.4, -0.2) is 10.9 Å². The molecular weight excluding hydrogens is 336 g/mol. The van der Waals surface area contributed by atoms with Crippen LogP contribution in [0.4, 0.5) is 26.0 Å². The number of benzene rings is 2. The number of aryl methyl sites for hydroxylation is 1. The number of nitrogens with one attached hydrogen (secondary N) is 2. The fraction of sp³-hybridized carbons (Fsp3) is 0.100. The number of pyridine rings is 1. The summed E-state index contributed by atoms with van der Waals surface area (Å²) < 4.78 is 26.2. The van der Waals surface area contributed by atoms with E-state index in [1.807, 2.05) is 32.0 Å². The first-order valence-corrected chi connectivity index (χ1v) is 8.00. The molecule has 0 aliphatic rings. The third-order valence-corrected chi connectivity index (χ3v) is 4.07. The van der Waals surface area contributed by atoms with E-state index in [-0.39, 0.29) is 5.56 Å². The van der Waals surface area contributed by atoms with Gasteiger partial charge < -0.3 is 10.6 Å². The topological polar surface area (TPSA) is 54.0 Å². The first kappa shape index (κ1) is 17.5. The van der Waals surface area contributed by atoms with Crippen LogP contribution in [0.5, 0.6) is 0 Å². The molecule has 0 atom stereocenters. The summed E-state index contributed by atoms with van der Waals surface area (Å²) >= 11 is 0. The maximum atomic E-state index is 13.2. The van der Waals surface area contributed by atoms with E-state index in [0.29, 0.717) is 5.82 Å². The number of nitrogens with zero attached hydrogens (tertiary/aromatic N) is 1. The molecule has 0 spiro atoms.